The van der Waals surface area contributed by atoms with Crippen LogP contribution in [0.15, 0.2) is 90.6 Å². The van der Waals surface area contributed by atoms with Gasteiger partial charge < -0.3 is 4.90 Å². The van der Waals surface area contributed by atoms with Crippen molar-refractivity contribution in [2.75, 3.05) is 16.8 Å². The zero-order valence-corrected chi connectivity index (χ0v) is 15.8. The van der Waals surface area contributed by atoms with Crippen LogP contribution < -0.4 is 9.80 Å². The standard InChI is InChI=1S/C24H20N2O2/c1-17-10-9-15-20(16-17)26-23(27)21(18-11-5-3-6-12-18)22(24(26)28)25(2)19-13-7-4-8-14-19/h3-16H,1-2H3. The second-order valence-electron chi connectivity index (χ2n) is 6.77. The van der Waals surface area contributed by atoms with Gasteiger partial charge in [0.25, 0.3) is 11.8 Å². The van der Waals surface area contributed by atoms with Crippen molar-refractivity contribution >= 4 is 28.8 Å². The Labute approximate surface area is 164 Å². The van der Waals surface area contributed by atoms with E-state index in [2.05, 4.69) is 0 Å². The van der Waals surface area contributed by atoms with Crippen LogP contribution in [-0.4, -0.2) is 18.9 Å². The van der Waals surface area contributed by atoms with Gasteiger partial charge in [-0.3, -0.25) is 9.59 Å². The fourth-order valence-electron chi connectivity index (χ4n) is 3.48. The van der Waals surface area contributed by atoms with E-state index in [1.807, 2.05) is 92.8 Å². The summed E-state index contributed by atoms with van der Waals surface area (Å²) in [4.78, 5) is 29.9. The summed E-state index contributed by atoms with van der Waals surface area (Å²) in [5.74, 6) is -0.625. The quantitative estimate of drug-likeness (QED) is 0.640. The summed E-state index contributed by atoms with van der Waals surface area (Å²) >= 11 is 0. The highest BCUT2D eigenvalue weighted by Crippen LogP contribution is 2.36. The molecular formula is C24H20N2O2. The van der Waals surface area contributed by atoms with Crippen molar-refractivity contribution < 1.29 is 9.59 Å². The van der Waals surface area contributed by atoms with Gasteiger partial charge in [0.2, 0.25) is 0 Å². The Morgan fingerprint density at radius 3 is 2.04 bits per heavy atom. The average Bonchev–Trinajstić information content (AvgIpc) is 2.99. The Morgan fingerprint density at radius 1 is 0.750 bits per heavy atom. The number of nitrogens with zero attached hydrogens (tertiary/aromatic N) is 2. The number of likely N-dealkylation sites (N-methyl/N-ethyl adjacent to an activating group) is 1. The molecular weight excluding hydrogens is 348 g/mol. The lowest BCUT2D eigenvalue weighted by molar-refractivity contribution is -0.120. The van der Waals surface area contributed by atoms with Crippen molar-refractivity contribution in [3.05, 3.63) is 102 Å². The molecule has 138 valence electrons. The third-order valence-electron chi connectivity index (χ3n) is 4.86. The topological polar surface area (TPSA) is 40.6 Å². The minimum atomic E-state index is -0.319. The number of hydrogen-bond donors (Lipinski definition) is 0. The van der Waals surface area contributed by atoms with Gasteiger partial charge in [-0.1, -0.05) is 60.7 Å². The molecule has 0 atom stereocenters. The van der Waals surface area contributed by atoms with E-state index in [0.717, 1.165) is 16.8 Å². The van der Waals surface area contributed by atoms with Gasteiger partial charge in [0.15, 0.2) is 0 Å². The number of aryl methyl sites for hydroxylation is 1. The zero-order valence-electron chi connectivity index (χ0n) is 15.8. The summed E-state index contributed by atoms with van der Waals surface area (Å²) in [5.41, 5.74) is 3.94. The van der Waals surface area contributed by atoms with Gasteiger partial charge in [-0.05, 0) is 42.3 Å². The summed E-state index contributed by atoms with van der Waals surface area (Å²) in [6.45, 7) is 1.94. The Kier molecular flexibility index (Phi) is 4.53. The number of para-hydroxylation sites is 1. The van der Waals surface area contributed by atoms with Crippen LogP contribution in [0.25, 0.3) is 5.57 Å². The number of carbonyl (C=O) groups excluding carboxylic acids is 2. The predicted molar refractivity (Wildman–Crippen MR) is 112 cm³/mol. The Morgan fingerprint density at radius 2 is 1.39 bits per heavy atom. The highest BCUT2D eigenvalue weighted by molar-refractivity contribution is 6.46. The maximum absolute atomic E-state index is 13.4. The van der Waals surface area contributed by atoms with E-state index in [0.29, 0.717) is 17.0 Å². The van der Waals surface area contributed by atoms with Gasteiger partial charge in [0, 0.05) is 12.7 Å². The summed E-state index contributed by atoms with van der Waals surface area (Å²) in [6, 6.07) is 26.4. The minimum Gasteiger partial charge on any atom is -0.339 e. The van der Waals surface area contributed by atoms with E-state index in [4.69, 9.17) is 0 Å². The van der Waals surface area contributed by atoms with E-state index >= 15 is 0 Å². The number of amides is 2. The first kappa shape index (κ1) is 17.7. The highest BCUT2D eigenvalue weighted by Gasteiger charge is 2.42. The molecule has 3 aromatic carbocycles. The van der Waals surface area contributed by atoms with Crippen molar-refractivity contribution in [2.24, 2.45) is 0 Å². The predicted octanol–water partition coefficient (Wildman–Crippen LogP) is 4.42. The van der Waals surface area contributed by atoms with Crippen LogP contribution in [0.5, 0.6) is 0 Å². The molecule has 1 aliphatic rings. The molecule has 0 saturated heterocycles. The Bertz CT molecular complexity index is 1070. The largest absolute Gasteiger partial charge is 0.339 e. The molecule has 0 bridgehead atoms. The number of anilines is 2. The lowest BCUT2D eigenvalue weighted by atomic mass is 10.0. The van der Waals surface area contributed by atoms with Crippen molar-refractivity contribution in [3.63, 3.8) is 0 Å². The fraction of sp³-hybridized carbons (Fsp3) is 0.0833. The second kappa shape index (κ2) is 7.16. The normalized spacial score (nSPS) is 14.0. The first-order chi connectivity index (χ1) is 13.6. The van der Waals surface area contributed by atoms with Gasteiger partial charge in [-0.25, -0.2) is 4.90 Å². The molecule has 0 unspecified atom stereocenters. The lowest BCUT2D eigenvalue weighted by Crippen LogP contribution is -2.34. The number of benzene rings is 3. The lowest BCUT2D eigenvalue weighted by Gasteiger charge is -2.21. The SMILES string of the molecule is Cc1cccc(N2C(=O)C(c3ccccc3)=C(N(C)c3ccccc3)C2=O)c1. The molecule has 1 heterocycles. The van der Waals surface area contributed by atoms with Crippen LogP contribution in [0, 0.1) is 6.92 Å². The maximum Gasteiger partial charge on any atom is 0.282 e. The van der Waals surface area contributed by atoms with E-state index in [9.17, 15) is 9.59 Å². The number of carbonyl (C=O) groups is 2. The molecule has 0 N–H and O–H groups in total. The van der Waals surface area contributed by atoms with Crippen LogP contribution in [0.1, 0.15) is 11.1 Å². The molecule has 3 aromatic rings. The van der Waals surface area contributed by atoms with Crippen molar-refractivity contribution in [3.8, 4) is 0 Å². The molecule has 1 aliphatic heterocycles. The average molecular weight is 368 g/mol. The molecule has 0 fully saturated rings. The van der Waals surface area contributed by atoms with Crippen LogP contribution in [0.2, 0.25) is 0 Å². The van der Waals surface area contributed by atoms with Crippen molar-refractivity contribution in [2.45, 2.75) is 6.92 Å². The number of rotatable bonds is 4. The van der Waals surface area contributed by atoms with Crippen molar-refractivity contribution in [1.82, 2.24) is 0 Å². The van der Waals surface area contributed by atoms with Crippen molar-refractivity contribution in [1.29, 1.82) is 0 Å². The molecule has 4 rings (SSSR count). The fourth-order valence-corrected chi connectivity index (χ4v) is 3.48. The first-order valence-electron chi connectivity index (χ1n) is 9.12. The highest BCUT2D eigenvalue weighted by atomic mass is 16.2. The first-order valence-corrected chi connectivity index (χ1v) is 9.12. The Balaban J connectivity index is 1.88. The monoisotopic (exact) mass is 368 g/mol. The summed E-state index contributed by atoms with van der Waals surface area (Å²) in [6.07, 6.45) is 0. The third kappa shape index (κ3) is 2.99. The number of hydrogen-bond acceptors (Lipinski definition) is 3. The summed E-state index contributed by atoms with van der Waals surface area (Å²) in [5, 5.41) is 0. The summed E-state index contributed by atoms with van der Waals surface area (Å²) in [7, 11) is 1.82. The molecule has 0 saturated carbocycles. The van der Waals surface area contributed by atoms with Crippen LogP contribution >= 0.6 is 0 Å². The van der Waals surface area contributed by atoms with Crippen LogP contribution in [-0.2, 0) is 9.59 Å². The molecule has 4 heteroatoms. The zero-order chi connectivity index (χ0) is 19.7. The van der Waals surface area contributed by atoms with Gasteiger partial charge >= 0.3 is 0 Å². The smallest absolute Gasteiger partial charge is 0.282 e. The molecule has 0 spiro atoms. The van der Waals surface area contributed by atoms with Gasteiger partial charge in [0.1, 0.15) is 5.70 Å². The van der Waals surface area contributed by atoms with E-state index in [-0.39, 0.29) is 11.8 Å². The Hall–Kier alpha value is -3.66. The molecule has 0 aliphatic carbocycles. The number of imide groups is 1. The van der Waals surface area contributed by atoms with Crippen LogP contribution in [0.4, 0.5) is 11.4 Å². The van der Waals surface area contributed by atoms with E-state index in [1.54, 1.807) is 11.0 Å². The third-order valence-corrected chi connectivity index (χ3v) is 4.86. The van der Waals surface area contributed by atoms with Crippen LogP contribution in [0.3, 0.4) is 0 Å². The van der Waals surface area contributed by atoms with E-state index in [1.165, 1.54) is 4.90 Å². The summed E-state index contributed by atoms with van der Waals surface area (Å²) < 4.78 is 0. The molecule has 0 aromatic heterocycles. The second-order valence-corrected chi connectivity index (χ2v) is 6.77. The molecule has 0 radical (unpaired) electrons. The van der Waals surface area contributed by atoms with Gasteiger partial charge in [-0.2, -0.15) is 0 Å². The molecule has 4 nitrogen and oxygen atoms in total. The van der Waals surface area contributed by atoms with Gasteiger partial charge in [-0.15, -0.1) is 0 Å². The molecule has 28 heavy (non-hydrogen) atoms. The van der Waals surface area contributed by atoms with E-state index < -0.39 is 0 Å². The maximum atomic E-state index is 13.4. The minimum absolute atomic E-state index is 0.306. The van der Waals surface area contributed by atoms with Gasteiger partial charge in [0.05, 0.1) is 11.3 Å². The molecule has 2 amide bonds.